The summed E-state index contributed by atoms with van der Waals surface area (Å²) in [4.78, 5) is 11.0. The molecule has 0 aliphatic rings. The predicted molar refractivity (Wildman–Crippen MR) is 53.1 cm³/mol. The molecule has 1 rings (SSSR count). The fourth-order valence-electron chi connectivity index (χ4n) is 1.06. The van der Waals surface area contributed by atoms with Crippen LogP contribution >= 0.6 is 11.6 Å². The molecule has 76 valence electrons. The molecule has 0 fully saturated rings. The highest BCUT2D eigenvalue weighted by Gasteiger charge is 2.26. The molecule has 0 saturated heterocycles. The molecule has 0 spiro atoms. The third-order valence-corrected chi connectivity index (χ3v) is 2.26. The van der Waals surface area contributed by atoms with Crippen LogP contribution in [0.2, 0.25) is 0 Å². The number of esters is 1. The van der Waals surface area contributed by atoms with Gasteiger partial charge in [0.05, 0.1) is 7.11 Å². The molecule has 4 heteroatoms. The predicted octanol–water partition coefficient (Wildman–Crippen LogP) is 1.50. The second-order valence-corrected chi connectivity index (χ2v) is 3.25. The zero-order chi connectivity index (χ0) is 10.6. The summed E-state index contributed by atoms with van der Waals surface area (Å²) < 4.78 is 4.42. The van der Waals surface area contributed by atoms with Crippen LogP contribution in [0.15, 0.2) is 30.3 Å². The van der Waals surface area contributed by atoms with E-state index in [1.807, 2.05) is 6.07 Å². The largest absolute Gasteiger partial charge is 0.468 e. The summed E-state index contributed by atoms with van der Waals surface area (Å²) >= 11 is 5.69. The molecular formula is C10H11ClO3. The second-order valence-electron chi connectivity index (χ2n) is 2.78. The first kappa shape index (κ1) is 11.0. The van der Waals surface area contributed by atoms with Gasteiger partial charge < -0.3 is 9.84 Å². The molecule has 0 aromatic heterocycles. The maximum Gasteiger partial charge on any atom is 0.326 e. The highest BCUT2D eigenvalue weighted by atomic mass is 35.5. The molecule has 1 aromatic carbocycles. The Morgan fingerprint density at radius 1 is 1.43 bits per heavy atom. The first-order valence-electron chi connectivity index (χ1n) is 4.11. The van der Waals surface area contributed by atoms with Crippen molar-refractivity contribution < 1.29 is 14.6 Å². The maximum absolute atomic E-state index is 11.0. The molecule has 0 saturated carbocycles. The van der Waals surface area contributed by atoms with E-state index in [1.54, 1.807) is 24.3 Å². The Bertz CT molecular complexity index is 299. The number of ether oxygens (including phenoxy) is 1. The van der Waals surface area contributed by atoms with E-state index in [-0.39, 0.29) is 0 Å². The number of rotatable bonds is 3. The lowest BCUT2D eigenvalue weighted by Gasteiger charge is -2.14. The van der Waals surface area contributed by atoms with Crippen molar-refractivity contribution in [3.63, 3.8) is 0 Å². The minimum atomic E-state index is -1.07. The van der Waals surface area contributed by atoms with Crippen molar-refractivity contribution in [3.8, 4) is 0 Å². The van der Waals surface area contributed by atoms with Crippen molar-refractivity contribution in [2.75, 3.05) is 7.11 Å². The summed E-state index contributed by atoms with van der Waals surface area (Å²) in [5.74, 6) is -0.636. The molecule has 0 bridgehead atoms. The molecular weight excluding hydrogens is 204 g/mol. The van der Waals surface area contributed by atoms with Crippen molar-refractivity contribution in [2.24, 2.45) is 0 Å². The molecule has 1 N–H and O–H groups in total. The number of hydrogen-bond acceptors (Lipinski definition) is 3. The highest BCUT2D eigenvalue weighted by Crippen LogP contribution is 2.21. The van der Waals surface area contributed by atoms with E-state index in [9.17, 15) is 9.90 Å². The first-order valence-corrected chi connectivity index (χ1v) is 4.55. The average Bonchev–Trinajstić information content (AvgIpc) is 2.27. The van der Waals surface area contributed by atoms with Gasteiger partial charge in [0, 0.05) is 0 Å². The maximum atomic E-state index is 11.0. The van der Waals surface area contributed by atoms with E-state index in [4.69, 9.17) is 11.6 Å². The summed E-state index contributed by atoms with van der Waals surface area (Å²) in [6.45, 7) is 0. The highest BCUT2D eigenvalue weighted by molar-refractivity contribution is 6.30. The number of halogens is 1. The quantitative estimate of drug-likeness (QED) is 0.613. The molecule has 0 heterocycles. The Morgan fingerprint density at radius 3 is 2.50 bits per heavy atom. The normalized spacial score (nSPS) is 14.5. The van der Waals surface area contributed by atoms with Gasteiger partial charge in [-0.3, -0.25) is 4.79 Å². The number of alkyl halides is 1. The topological polar surface area (TPSA) is 46.5 Å². The smallest absolute Gasteiger partial charge is 0.326 e. The molecule has 2 atom stereocenters. The molecule has 0 aliphatic carbocycles. The van der Waals surface area contributed by atoms with Gasteiger partial charge in [-0.2, -0.15) is 0 Å². The van der Waals surface area contributed by atoms with Crippen molar-refractivity contribution >= 4 is 17.6 Å². The van der Waals surface area contributed by atoms with Gasteiger partial charge >= 0.3 is 5.97 Å². The number of aliphatic hydroxyl groups is 1. The van der Waals surface area contributed by atoms with Crippen molar-refractivity contribution in [1.82, 2.24) is 0 Å². The Balaban J connectivity index is 2.75. The lowest BCUT2D eigenvalue weighted by atomic mass is 10.1. The van der Waals surface area contributed by atoms with Crippen LogP contribution in [0.3, 0.4) is 0 Å². The van der Waals surface area contributed by atoms with Gasteiger partial charge in [0.2, 0.25) is 0 Å². The molecule has 0 aliphatic heterocycles. The van der Waals surface area contributed by atoms with Crippen LogP contribution < -0.4 is 0 Å². The van der Waals surface area contributed by atoms with Gasteiger partial charge in [0.25, 0.3) is 0 Å². The Hall–Kier alpha value is -1.06. The van der Waals surface area contributed by atoms with E-state index in [1.165, 1.54) is 7.11 Å². The van der Waals surface area contributed by atoms with E-state index in [2.05, 4.69) is 4.74 Å². The lowest BCUT2D eigenvalue weighted by Crippen LogP contribution is -2.23. The van der Waals surface area contributed by atoms with E-state index >= 15 is 0 Å². The molecule has 0 radical (unpaired) electrons. The van der Waals surface area contributed by atoms with Gasteiger partial charge in [-0.1, -0.05) is 30.3 Å². The summed E-state index contributed by atoms with van der Waals surface area (Å²) in [7, 11) is 1.23. The Labute approximate surface area is 87.3 Å². The third kappa shape index (κ3) is 2.47. The number of carbonyl (C=O) groups is 1. The van der Waals surface area contributed by atoms with Crippen molar-refractivity contribution in [3.05, 3.63) is 35.9 Å². The summed E-state index contributed by atoms with van der Waals surface area (Å²) in [5.41, 5.74) is 0.595. The summed E-state index contributed by atoms with van der Waals surface area (Å²) in [6, 6.07) is 8.74. The van der Waals surface area contributed by atoms with E-state index in [0.29, 0.717) is 5.56 Å². The van der Waals surface area contributed by atoms with E-state index < -0.39 is 17.5 Å². The number of carbonyl (C=O) groups excluding carboxylic acids is 1. The van der Waals surface area contributed by atoms with Crippen molar-refractivity contribution in [2.45, 2.75) is 11.5 Å². The van der Waals surface area contributed by atoms with Gasteiger partial charge in [-0.25, -0.2) is 0 Å². The fourth-order valence-corrected chi connectivity index (χ4v) is 1.30. The number of methoxy groups -OCH3 is 1. The minimum Gasteiger partial charge on any atom is -0.468 e. The van der Waals surface area contributed by atoms with Gasteiger partial charge in [-0.15, -0.1) is 11.6 Å². The Kier molecular flexibility index (Phi) is 3.92. The monoisotopic (exact) mass is 214 g/mol. The zero-order valence-electron chi connectivity index (χ0n) is 7.68. The zero-order valence-corrected chi connectivity index (χ0v) is 8.44. The van der Waals surface area contributed by atoms with Crippen LogP contribution in [0, 0.1) is 0 Å². The van der Waals surface area contributed by atoms with Gasteiger partial charge in [-0.05, 0) is 5.56 Å². The standard InChI is InChI=1S/C10H11ClO3/c1-14-10(13)8(11)9(12)7-5-3-2-4-6-7/h2-6,8-9,12H,1H3/t8-,9-/m0/s1. The van der Waals surface area contributed by atoms with Crippen LogP contribution in [-0.4, -0.2) is 23.6 Å². The van der Waals surface area contributed by atoms with Crippen LogP contribution in [0.5, 0.6) is 0 Å². The van der Waals surface area contributed by atoms with Crippen LogP contribution in [0.25, 0.3) is 0 Å². The SMILES string of the molecule is COC(=O)[C@@H](Cl)[C@@H](O)c1ccccc1. The van der Waals surface area contributed by atoms with Crippen LogP contribution in [-0.2, 0) is 9.53 Å². The molecule has 14 heavy (non-hydrogen) atoms. The molecule has 0 unspecified atom stereocenters. The van der Waals surface area contributed by atoms with E-state index in [0.717, 1.165) is 0 Å². The number of benzene rings is 1. The minimum absolute atomic E-state index is 0.595. The van der Waals surface area contributed by atoms with Crippen molar-refractivity contribution in [1.29, 1.82) is 0 Å². The molecule has 3 nitrogen and oxygen atoms in total. The second kappa shape index (κ2) is 4.98. The first-order chi connectivity index (χ1) is 6.66. The fraction of sp³-hybridized carbons (Fsp3) is 0.300. The Morgan fingerprint density at radius 2 is 2.00 bits per heavy atom. The lowest BCUT2D eigenvalue weighted by molar-refractivity contribution is -0.142. The van der Waals surface area contributed by atoms with Crippen LogP contribution in [0.4, 0.5) is 0 Å². The van der Waals surface area contributed by atoms with Gasteiger partial charge in [0.1, 0.15) is 6.10 Å². The number of hydrogen-bond donors (Lipinski definition) is 1. The third-order valence-electron chi connectivity index (χ3n) is 1.84. The molecule has 0 amide bonds. The summed E-state index contributed by atoms with van der Waals surface area (Å²) in [5, 5.41) is 8.59. The summed E-state index contributed by atoms with van der Waals surface area (Å²) in [6.07, 6.45) is -1.04. The molecule has 1 aromatic rings. The number of aliphatic hydroxyl groups excluding tert-OH is 1. The average molecular weight is 215 g/mol. The van der Waals surface area contributed by atoms with Crippen LogP contribution in [0.1, 0.15) is 11.7 Å². The van der Waals surface area contributed by atoms with Gasteiger partial charge in [0.15, 0.2) is 5.38 Å².